The van der Waals surface area contributed by atoms with Crippen LogP contribution in [0.25, 0.3) is 10.9 Å². The van der Waals surface area contributed by atoms with E-state index in [2.05, 4.69) is 10.3 Å². The highest BCUT2D eigenvalue weighted by Gasteiger charge is 2.30. The van der Waals surface area contributed by atoms with Gasteiger partial charge in [-0.1, -0.05) is 24.3 Å². The summed E-state index contributed by atoms with van der Waals surface area (Å²) in [6.07, 6.45) is -4.44. The van der Waals surface area contributed by atoms with Crippen LogP contribution in [-0.2, 0) is 6.18 Å². The van der Waals surface area contributed by atoms with Gasteiger partial charge in [-0.2, -0.15) is 13.2 Å². The monoisotopic (exact) mass is 304 g/mol. The fourth-order valence-electron chi connectivity index (χ4n) is 2.17. The molecule has 3 aromatic rings. The van der Waals surface area contributed by atoms with Crippen molar-refractivity contribution >= 4 is 22.5 Å². The van der Waals surface area contributed by atoms with Crippen LogP contribution in [0.5, 0.6) is 0 Å². The molecule has 3 rings (SSSR count). The van der Waals surface area contributed by atoms with E-state index in [1.165, 1.54) is 12.1 Å². The van der Waals surface area contributed by atoms with Gasteiger partial charge >= 0.3 is 6.18 Å². The molecule has 1 aromatic heterocycles. The number of amides is 1. The van der Waals surface area contributed by atoms with Crippen molar-refractivity contribution in [3.63, 3.8) is 0 Å². The summed E-state index contributed by atoms with van der Waals surface area (Å²) in [5.74, 6) is -0.490. The third-order valence-electron chi connectivity index (χ3n) is 3.22. The molecule has 1 amide bonds. The number of nitrogens with one attached hydrogen (secondary N) is 2. The Kier molecular flexibility index (Phi) is 3.36. The zero-order valence-electron chi connectivity index (χ0n) is 11.2. The molecular formula is C16H11F3N2O. The Morgan fingerprint density at radius 2 is 1.77 bits per heavy atom. The van der Waals surface area contributed by atoms with Gasteiger partial charge in [0, 0.05) is 16.6 Å². The predicted octanol–water partition coefficient (Wildman–Crippen LogP) is 4.44. The van der Waals surface area contributed by atoms with Crippen LogP contribution in [0, 0.1) is 0 Å². The van der Waals surface area contributed by atoms with E-state index in [-0.39, 0.29) is 5.69 Å². The first-order valence-corrected chi connectivity index (χ1v) is 6.50. The Hall–Kier alpha value is -2.76. The number of benzene rings is 2. The van der Waals surface area contributed by atoms with E-state index < -0.39 is 17.6 Å². The summed E-state index contributed by atoms with van der Waals surface area (Å²) in [5, 5.41) is 3.32. The van der Waals surface area contributed by atoms with E-state index in [1.807, 2.05) is 24.3 Å². The zero-order chi connectivity index (χ0) is 15.7. The summed E-state index contributed by atoms with van der Waals surface area (Å²) in [7, 11) is 0. The van der Waals surface area contributed by atoms with Gasteiger partial charge in [0.2, 0.25) is 0 Å². The SMILES string of the molecule is O=C(Nc1cccc(C(F)(F)F)c1)c1cc2ccccc2[nH]1. The van der Waals surface area contributed by atoms with Crippen molar-refractivity contribution in [2.24, 2.45) is 0 Å². The molecule has 0 bridgehead atoms. The Bertz CT molecular complexity index is 804. The van der Waals surface area contributed by atoms with E-state index in [4.69, 9.17) is 0 Å². The molecule has 6 heteroatoms. The minimum atomic E-state index is -4.44. The first kappa shape index (κ1) is 14.2. The van der Waals surface area contributed by atoms with Crippen molar-refractivity contribution in [3.05, 3.63) is 65.9 Å². The van der Waals surface area contributed by atoms with Crippen LogP contribution in [-0.4, -0.2) is 10.9 Å². The largest absolute Gasteiger partial charge is 0.416 e. The normalized spacial score (nSPS) is 11.6. The zero-order valence-corrected chi connectivity index (χ0v) is 11.2. The molecule has 0 saturated carbocycles. The Morgan fingerprint density at radius 3 is 2.50 bits per heavy atom. The van der Waals surface area contributed by atoms with Crippen LogP contribution in [0.15, 0.2) is 54.6 Å². The second-order valence-electron chi connectivity index (χ2n) is 4.80. The van der Waals surface area contributed by atoms with Crippen molar-refractivity contribution in [1.82, 2.24) is 4.98 Å². The third-order valence-corrected chi connectivity index (χ3v) is 3.22. The number of H-pyrrole nitrogens is 1. The molecule has 22 heavy (non-hydrogen) atoms. The standard InChI is InChI=1S/C16H11F3N2O/c17-16(18,19)11-5-3-6-12(9-11)20-15(22)14-8-10-4-1-2-7-13(10)21-14/h1-9,21H,(H,20,22). The van der Waals surface area contributed by atoms with Gasteiger partial charge in [-0.25, -0.2) is 0 Å². The van der Waals surface area contributed by atoms with E-state index in [0.29, 0.717) is 5.69 Å². The lowest BCUT2D eigenvalue weighted by Crippen LogP contribution is -2.13. The number of aromatic amines is 1. The highest BCUT2D eigenvalue weighted by Crippen LogP contribution is 2.30. The highest BCUT2D eigenvalue weighted by atomic mass is 19.4. The van der Waals surface area contributed by atoms with Gasteiger partial charge in [-0.15, -0.1) is 0 Å². The maximum Gasteiger partial charge on any atom is 0.416 e. The molecule has 3 nitrogen and oxygen atoms in total. The number of alkyl halides is 3. The first-order chi connectivity index (χ1) is 10.4. The average molecular weight is 304 g/mol. The average Bonchev–Trinajstić information content (AvgIpc) is 2.90. The molecule has 2 N–H and O–H groups in total. The molecule has 0 atom stereocenters. The molecule has 0 fully saturated rings. The molecule has 0 spiro atoms. The second-order valence-corrected chi connectivity index (χ2v) is 4.80. The molecule has 0 radical (unpaired) electrons. The number of aromatic nitrogens is 1. The lowest BCUT2D eigenvalue weighted by molar-refractivity contribution is -0.137. The lowest BCUT2D eigenvalue weighted by Gasteiger charge is -2.09. The maximum atomic E-state index is 12.6. The van der Waals surface area contributed by atoms with E-state index in [1.54, 1.807) is 6.07 Å². The smallest absolute Gasteiger partial charge is 0.351 e. The lowest BCUT2D eigenvalue weighted by atomic mass is 10.2. The fourth-order valence-corrected chi connectivity index (χ4v) is 2.17. The Labute approximate surface area is 123 Å². The Balaban J connectivity index is 1.85. The van der Waals surface area contributed by atoms with Gasteiger partial charge in [-0.3, -0.25) is 4.79 Å². The van der Waals surface area contributed by atoms with Crippen molar-refractivity contribution in [3.8, 4) is 0 Å². The molecule has 112 valence electrons. The van der Waals surface area contributed by atoms with Gasteiger partial charge in [0.05, 0.1) is 5.56 Å². The van der Waals surface area contributed by atoms with Crippen LogP contribution in [0.1, 0.15) is 16.1 Å². The van der Waals surface area contributed by atoms with Crippen molar-refractivity contribution in [2.45, 2.75) is 6.18 Å². The maximum absolute atomic E-state index is 12.6. The van der Waals surface area contributed by atoms with Gasteiger partial charge in [0.25, 0.3) is 5.91 Å². The number of para-hydroxylation sites is 1. The number of hydrogen-bond donors (Lipinski definition) is 2. The highest BCUT2D eigenvalue weighted by molar-refractivity contribution is 6.05. The summed E-state index contributed by atoms with van der Waals surface area (Å²) in [4.78, 5) is 15.0. The van der Waals surface area contributed by atoms with Crippen molar-refractivity contribution in [1.29, 1.82) is 0 Å². The summed E-state index contributed by atoms with van der Waals surface area (Å²) < 4.78 is 37.9. The van der Waals surface area contributed by atoms with E-state index in [0.717, 1.165) is 23.0 Å². The second kappa shape index (κ2) is 5.22. The van der Waals surface area contributed by atoms with Crippen LogP contribution in [0.2, 0.25) is 0 Å². The molecule has 0 saturated heterocycles. The Morgan fingerprint density at radius 1 is 1.00 bits per heavy atom. The first-order valence-electron chi connectivity index (χ1n) is 6.50. The van der Waals surface area contributed by atoms with Crippen LogP contribution < -0.4 is 5.32 Å². The number of halogens is 3. The molecule has 0 aliphatic rings. The summed E-state index contributed by atoms with van der Waals surface area (Å²) in [6, 6.07) is 13.5. The number of anilines is 1. The number of carbonyl (C=O) groups excluding carboxylic acids is 1. The van der Waals surface area contributed by atoms with Crippen molar-refractivity contribution in [2.75, 3.05) is 5.32 Å². The molecule has 0 aliphatic carbocycles. The summed E-state index contributed by atoms with van der Waals surface area (Å²) in [6.45, 7) is 0. The quantitative estimate of drug-likeness (QED) is 0.722. The minimum absolute atomic E-state index is 0.0958. The van der Waals surface area contributed by atoms with E-state index >= 15 is 0 Å². The van der Waals surface area contributed by atoms with Crippen LogP contribution in [0.4, 0.5) is 18.9 Å². The number of rotatable bonds is 2. The molecule has 0 aliphatic heterocycles. The predicted molar refractivity (Wildman–Crippen MR) is 77.7 cm³/mol. The fraction of sp³-hybridized carbons (Fsp3) is 0.0625. The van der Waals surface area contributed by atoms with E-state index in [9.17, 15) is 18.0 Å². The molecule has 0 unspecified atom stereocenters. The number of carbonyl (C=O) groups is 1. The van der Waals surface area contributed by atoms with Crippen molar-refractivity contribution < 1.29 is 18.0 Å². The van der Waals surface area contributed by atoms with Gasteiger partial charge < -0.3 is 10.3 Å². The number of hydrogen-bond acceptors (Lipinski definition) is 1. The number of fused-ring (bicyclic) bond motifs is 1. The summed E-state index contributed by atoms with van der Waals surface area (Å²) >= 11 is 0. The topological polar surface area (TPSA) is 44.9 Å². The van der Waals surface area contributed by atoms with Crippen LogP contribution in [0.3, 0.4) is 0 Å². The van der Waals surface area contributed by atoms with Gasteiger partial charge in [0.15, 0.2) is 0 Å². The van der Waals surface area contributed by atoms with Gasteiger partial charge in [-0.05, 0) is 30.3 Å². The van der Waals surface area contributed by atoms with Crippen LogP contribution >= 0.6 is 0 Å². The third kappa shape index (κ3) is 2.81. The molecule has 2 aromatic carbocycles. The summed E-state index contributed by atoms with van der Waals surface area (Å²) in [5.41, 5.74) is 0.371. The van der Waals surface area contributed by atoms with Gasteiger partial charge in [0.1, 0.15) is 5.69 Å². The minimum Gasteiger partial charge on any atom is -0.351 e. The molecule has 1 heterocycles. The molecular weight excluding hydrogens is 293 g/mol.